The summed E-state index contributed by atoms with van der Waals surface area (Å²) >= 11 is 0. The first-order chi connectivity index (χ1) is 16.4. The molecule has 2 atom stereocenters. The summed E-state index contributed by atoms with van der Waals surface area (Å²) in [7, 11) is -1.69. The van der Waals surface area contributed by atoms with Crippen molar-refractivity contribution in [3.8, 4) is 12.0 Å². The molecule has 0 fully saturated rings. The molecular formula is C25H34F3N3O4Si. The largest absolute Gasteiger partial charge is 0.444 e. The quantitative estimate of drug-likeness (QED) is 0.439. The number of carbonyl (C=O) groups excluding carboxylic acids is 3. The highest BCUT2D eigenvalue weighted by molar-refractivity contribution is 6.88. The first-order valence-corrected chi connectivity index (χ1v) is 15.2. The van der Waals surface area contributed by atoms with Crippen LogP contribution in [0.4, 0.5) is 23.7 Å². The number of fused-ring (bicyclic) bond motifs is 1. The highest BCUT2D eigenvalue weighted by Crippen LogP contribution is 2.32. The van der Waals surface area contributed by atoms with E-state index in [9.17, 15) is 27.6 Å². The zero-order chi connectivity index (χ0) is 27.5. The third-order valence-electron chi connectivity index (χ3n) is 5.41. The zero-order valence-corrected chi connectivity index (χ0v) is 22.7. The fraction of sp³-hybridized carbons (Fsp3) is 0.560. The molecule has 0 aliphatic carbocycles. The molecule has 1 aromatic rings. The number of nitrogens with one attached hydrogen (secondary N) is 2. The van der Waals surface area contributed by atoms with Crippen LogP contribution in [-0.4, -0.2) is 56.3 Å². The standard InChI is InChI=1S/C25H34F3N3O4Si/c1-8-18(30-23(34)35-24(2,3)4)21(32)11-12-31-19-10-9-17(36(5,6)7)13-16(19)14-20(31)22(33)29-15-25(26,27)28/h9-10,13,18,20H,8,14-15H2,1-7H3,(H,29,33)(H,30,34)/t18-,20?/m0/s1. The van der Waals surface area contributed by atoms with E-state index in [0.29, 0.717) is 5.69 Å². The van der Waals surface area contributed by atoms with E-state index in [0.717, 1.165) is 10.8 Å². The normalized spacial score (nSPS) is 16.4. The van der Waals surface area contributed by atoms with E-state index in [1.807, 2.05) is 17.4 Å². The van der Waals surface area contributed by atoms with Gasteiger partial charge in [0, 0.05) is 12.5 Å². The van der Waals surface area contributed by atoms with Crippen molar-refractivity contribution in [2.75, 3.05) is 11.4 Å². The van der Waals surface area contributed by atoms with E-state index in [2.05, 4.69) is 36.9 Å². The Hall–Kier alpha value is -3.00. The lowest BCUT2D eigenvalue weighted by molar-refractivity contribution is -0.139. The van der Waals surface area contributed by atoms with Crippen molar-refractivity contribution in [3.63, 3.8) is 0 Å². The van der Waals surface area contributed by atoms with Gasteiger partial charge in [0.05, 0.1) is 13.8 Å². The fourth-order valence-corrected chi connectivity index (χ4v) is 4.77. The summed E-state index contributed by atoms with van der Waals surface area (Å²) in [5, 5.41) is 5.54. The van der Waals surface area contributed by atoms with Gasteiger partial charge in [0.1, 0.15) is 24.2 Å². The number of Topliss-reactive ketones (excluding diaryl/α,β-unsaturated/α-hetero) is 1. The molecule has 36 heavy (non-hydrogen) atoms. The molecule has 1 aliphatic heterocycles. The van der Waals surface area contributed by atoms with E-state index in [1.54, 1.807) is 33.8 Å². The summed E-state index contributed by atoms with van der Waals surface area (Å²) in [6, 6.07) is 6.38. The molecule has 1 unspecified atom stereocenters. The molecule has 11 heteroatoms. The molecule has 0 spiro atoms. The van der Waals surface area contributed by atoms with Crippen molar-refractivity contribution in [1.82, 2.24) is 10.6 Å². The monoisotopic (exact) mass is 525 g/mol. The van der Waals surface area contributed by atoms with Crippen LogP contribution in [0.15, 0.2) is 18.2 Å². The maximum atomic E-state index is 12.7. The molecule has 0 saturated carbocycles. The maximum absolute atomic E-state index is 12.7. The van der Waals surface area contributed by atoms with E-state index in [-0.39, 0.29) is 12.8 Å². The Balaban J connectivity index is 2.33. The highest BCUT2D eigenvalue weighted by atomic mass is 28.3. The number of ether oxygens (including phenoxy) is 1. The predicted octanol–water partition coefficient (Wildman–Crippen LogP) is 3.47. The molecule has 198 valence electrons. The molecule has 0 radical (unpaired) electrons. The van der Waals surface area contributed by atoms with Gasteiger partial charge in [-0.25, -0.2) is 4.79 Å². The molecular weight excluding hydrogens is 491 g/mol. The van der Waals surface area contributed by atoms with Crippen LogP contribution in [0.1, 0.15) is 39.7 Å². The summed E-state index contributed by atoms with van der Waals surface area (Å²) in [5.41, 5.74) is 0.600. The van der Waals surface area contributed by atoms with E-state index in [1.165, 1.54) is 4.90 Å². The lowest BCUT2D eigenvalue weighted by Gasteiger charge is -2.22. The van der Waals surface area contributed by atoms with Gasteiger partial charge in [-0.05, 0) is 44.7 Å². The number of carbonyl (C=O) groups is 3. The van der Waals surface area contributed by atoms with Crippen LogP contribution < -0.4 is 20.7 Å². The lowest BCUT2D eigenvalue weighted by Crippen LogP contribution is -2.46. The van der Waals surface area contributed by atoms with Gasteiger partial charge in [-0.3, -0.25) is 14.5 Å². The molecule has 2 N–H and O–H groups in total. The first kappa shape index (κ1) is 29.2. The van der Waals surface area contributed by atoms with Crippen molar-refractivity contribution in [2.24, 2.45) is 0 Å². The zero-order valence-electron chi connectivity index (χ0n) is 21.7. The molecule has 1 aliphatic rings. The Labute approximate surface area is 211 Å². The average Bonchev–Trinajstić information content (AvgIpc) is 3.09. The lowest BCUT2D eigenvalue weighted by atomic mass is 10.1. The summed E-state index contributed by atoms with van der Waals surface area (Å²) in [6.07, 6.45) is -4.91. The first-order valence-electron chi connectivity index (χ1n) is 11.7. The van der Waals surface area contributed by atoms with Gasteiger partial charge in [0.15, 0.2) is 0 Å². The number of halogens is 3. The van der Waals surface area contributed by atoms with Crippen LogP contribution in [0.5, 0.6) is 0 Å². The van der Waals surface area contributed by atoms with Gasteiger partial charge in [0.25, 0.3) is 0 Å². The number of alkyl halides is 3. The molecule has 7 nitrogen and oxygen atoms in total. The van der Waals surface area contributed by atoms with E-state index >= 15 is 0 Å². The van der Waals surface area contributed by atoms with E-state index < -0.39 is 56.3 Å². The van der Waals surface area contributed by atoms with Crippen molar-refractivity contribution < 1.29 is 32.3 Å². The fourth-order valence-electron chi connectivity index (χ4n) is 3.58. The van der Waals surface area contributed by atoms with Crippen LogP contribution >= 0.6 is 0 Å². The minimum absolute atomic E-state index is 0.160. The third kappa shape index (κ3) is 8.29. The second kappa shape index (κ2) is 10.9. The number of hydrogen-bond donors (Lipinski definition) is 2. The highest BCUT2D eigenvalue weighted by Gasteiger charge is 2.37. The molecule has 0 aromatic heterocycles. The molecule has 1 heterocycles. The number of amides is 2. The number of anilines is 1. The minimum atomic E-state index is -4.56. The maximum Gasteiger partial charge on any atom is 0.408 e. The number of ketones is 1. The van der Waals surface area contributed by atoms with Gasteiger partial charge >= 0.3 is 12.3 Å². The third-order valence-corrected chi connectivity index (χ3v) is 7.45. The summed E-state index contributed by atoms with van der Waals surface area (Å²) in [6.45, 7) is 11.8. The van der Waals surface area contributed by atoms with Gasteiger partial charge in [0.2, 0.25) is 11.7 Å². The second-order valence-electron chi connectivity index (χ2n) is 10.7. The van der Waals surface area contributed by atoms with Gasteiger partial charge in [-0.1, -0.05) is 43.9 Å². The number of nitrogens with zero attached hydrogens (tertiary/aromatic N) is 1. The van der Waals surface area contributed by atoms with Crippen LogP contribution in [0.2, 0.25) is 19.6 Å². The molecule has 0 saturated heterocycles. The second-order valence-corrected chi connectivity index (χ2v) is 15.8. The summed E-state index contributed by atoms with van der Waals surface area (Å²) in [4.78, 5) is 38.9. The van der Waals surface area contributed by atoms with Crippen LogP contribution in [0.25, 0.3) is 0 Å². The summed E-state index contributed by atoms with van der Waals surface area (Å²) in [5.74, 6) is 1.02. The Bertz CT molecular complexity index is 1070. The molecule has 0 bridgehead atoms. The Morgan fingerprint density at radius 3 is 2.36 bits per heavy atom. The predicted molar refractivity (Wildman–Crippen MR) is 135 cm³/mol. The molecule has 1 aromatic carbocycles. The summed E-state index contributed by atoms with van der Waals surface area (Å²) < 4.78 is 43.3. The van der Waals surface area contributed by atoms with Crippen LogP contribution in [0.3, 0.4) is 0 Å². The smallest absolute Gasteiger partial charge is 0.408 e. The van der Waals surface area contributed by atoms with Gasteiger partial charge in [-0.2, -0.15) is 13.2 Å². The van der Waals surface area contributed by atoms with Crippen LogP contribution in [0, 0.1) is 12.0 Å². The average molecular weight is 526 g/mol. The number of benzene rings is 1. The van der Waals surface area contributed by atoms with Crippen molar-refractivity contribution >= 4 is 36.7 Å². The number of hydrogen-bond acceptors (Lipinski definition) is 5. The topological polar surface area (TPSA) is 87.7 Å². The number of rotatable bonds is 6. The van der Waals surface area contributed by atoms with Gasteiger partial charge < -0.3 is 15.4 Å². The molecule has 2 amide bonds. The molecule has 2 rings (SSSR count). The SMILES string of the molecule is CC[C@H](NC(=O)OC(C)(C)C)C(=O)C#CN1c2ccc([Si](C)(C)C)cc2CC1C(=O)NCC(F)(F)F. The Kier molecular flexibility index (Phi) is 8.89. The van der Waals surface area contributed by atoms with Crippen molar-refractivity contribution in [2.45, 2.75) is 84.0 Å². The van der Waals surface area contributed by atoms with Crippen LogP contribution in [-0.2, 0) is 20.7 Å². The Morgan fingerprint density at radius 2 is 1.83 bits per heavy atom. The number of alkyl carbamates (subject to hydrolysis) is 1. The van der Waals surface area contributed by atoms with Crippen molar-refractivity contribution in [3.05, 3.63) is 23.8 Å². The van der Waals surface area contributed by atoms with Gasteiger partial charge in [-0.15, -0.1) is 0 Å². The minimum Gasteiger partial charge on any atom is -0.444 e. The van der Waals surface area contributed by atoms with E-state index in [4.69, 9.17) is 4.74 Å². The van der Waals surface area contributed by atoms with Crippen molar-refractivity contribution in [1.29, 1.82) is 0 Å². The Morgan fingerprint density at radius 1 is 1.19 bits per heavy atom.